The molecule has 0 saturated heterocycles. The number of rotatable bonds is 6. The number of ether oxygens (including phenoxy) is 2. The lowest BCUT2D eigenvalue weighted by Gasteiger charge is -2.19. The van der Waals surface area contributed by atoms with Gasteiger partial charge in [0, 0.05) is 3.57 Å². The Bertz CT molecular complexity index is 904. The molecule has 26 heavy (non-hydrogen) atoms. The van der Waals surface area contributed by atoms with E-state index in [4.69, 9.17) is 9.47 Å². The standard InChI is InChI=1S/C18H19IO6S/c1-11(2)15-9-16(12(3)8-17(15)26(21,22)23)24-10-18(20)25-14-6-4-13(19)5-7-14/h4-9,11H,10H2,1-3H3,(H,21,22,23)/p-1. The summed E-state index contributed by atoms with van der Waals surface area (Å²) in [6, 6.07) is 9.74. The molecule has 2 aromatic rings. The first-order valence-corrected chi connectivity index (χ1v) is 10.3. The molecule has 0 aliphatic carbocycles. The summed E-state index contributed by atoms with van der Waals surface area (Å²) in [5.41, 5.74) is 0.803. The highest BCUT2D eigenvalue weighted by atomic mass is 127. The van der Waals surface area contributed by atoms with E-state index in [9.17, 15) is 17.8 Å². The van der Waals surface area contributed by atoms with Gasteiger partial charge in [-0.3, -0.25) is 0 Å². The van der Waals surface area contributed by atoms with Crippen LogP contribution in [0.4, 0.5) is 0 Å². The molecule has 0 amide bonds. The van der Waals surface area contributed by atoms with Crippen LogP contribution in [0.1, 0.15) is 30.9 Å². The molecule has 0 aliphatic heterocycles. The van der Waals surface area contributed by atoms with Gasteiger partial charge in [-0.2, -0.15) is 0 Å². The Morgan fingerprint density at radius 3 is 2.35 bits per heavy atom. The highest BCUT2D eigenvalue weighted by Crippen LogP contribution is 2.31. The molecule has 0 aliphatic rings. The Balaban J connectivity index is 2.15. The van der Waals surface area contributed by atoms with Gasteiger partial charge in [0.25, 0.3) is 0 Å². The predicted molar refractivity (Wildman–Crippen MR) is 104 cm³/mol. The molecule has 2 rings (SSSR count). The zero-order chi connectivity index (χ0) is 19.5. The monoisotopic (exact) mass is 489 g/mol. The normalized spacial score (nSPS) is 11.5. The highest BCUT2D eigenvalue weighted by molar-refractivity contribution is 14.1. The average molecular weight is 489 g/mol. The van der Waals surface area contributed by atoms with Gasteiger partial charge >= 0.3 is 5.97 Å². The Labute approximate surface area is 166 Å². The van der Waals surface area contributed by atoms with E-state index in [2.05, 4.69) is 22.6 Å². The maximum absolute atomic E-state index is 11.9. The SMILES string of the molecule is Cc1cc(S(=O)(=O)[O-])c(C(C)C)cc1OCC(=O)Oc1ccc(I)cc1. The molecule has 0 bridgehead atoms. The third-order valence-electron chi connectivity index (χ3n) is 3.59. The van der Waals surface area contributed by atoms with Gasteiger partial charge in [-0.1, -0.05) is 13.8 Å². The molecule has 0 fully saturated rings. The van der Waals surface area contributed by atoms with Crippen molar-refractivity contribution in [2.24, 2.45) is 0 Å². The van der Waals surface area contributed by atoms with Gasteiger partial charge in [-0.15, -0.1) is 0 Å². The number of benzene rings is 2. The molecule has 8 heteroatoms. The smallest absolute Gasteiger partial charge is 0.349 e. The topological polar surface area (TPSA) is 92.7 Å². The molecule has 0 saturated carbocycles. The first kappa shape index (κ1) is 20.7. The number of carbonyl (C=O) groups is 1. The number of esters is 1. The molecule has 0 unspecified atom stereocenters. The van der Waals surface area contributed by atoms with E-state index in [-0.39, 0.29) is 17.4 Å². The van der Waals surface area contributed by atoms with Crippen LogP contribution in [0.2, 0.25) is 0 Å². The van der Waals surface area contributed by atoms with Crippen LogP contribution < -0.4 is 9.47 Å². The van der Waals surface area contributed by atoms with Crippen molar-refractivity contribution in [2.45, 2.75) is 31.6 Å². The van der Waals surface area contributed by atoms with Crippen molar-refractivity contribution in [3.8, 4) is 11.5 Å². The molecule has 2 aromatic carbocycles. The first-order valence-electron chi connectivity index (χ1n) is 7.77. The van der Waals surface area contributed by atoms with Crippen molar-refractivity contribution in [2.75, 3.05) is 6.61 Å². The molecule has 0 atom stereocenters. The predicted octanol–water partition coefficient (Wildman–Crippen LogP) is 3.61. The molecule has 0 heterocycles. The minimum atomic E-state index is -4.59. The van der Waals surface area contributed by atoms with Crippen molar-refractivity contribution in [3.63, 3.8) is 0 Å². The number of aryl methyl sites for hydroxylation is 1. The summed E-state index contributed by atoms with van der Waals surface area (Å²) in [6.45, 7) is 4.81. The second-order valence-corrected chi connectivity index (χ2v) is 8.57. The molecule has 0 radical (unpaired) electrons. The van der Waals surface area contributed by atoms with Crippen LogP contribution in [0.5, 0.6) is 11.5 Å². The van der Waals surface area contributed by atoms with Crippen molar-refractivity contribution in [1.29, 1.82) is 0 Å². The zero-order valence-corrected chi connectivity index (χ0v) is 17.5. The van der Waals surface area contributed by atoms with Crippen LogP contribution in [0.25, 0.3) is 0 Å². The van der Waals surface area contributed by atoms with Gasteiger partial charge < -0.3 is 14.0 Å². The van der Waals surface area contributed by atoms with Crippen molar-refractivity contribution < 1.29 is 27.2 Å². The van der Waals surface area contributed by atoms with Gasteiger partial charge in [0.15, 0.2) is 6.61 Å². The van der Waals surface area contributed by atoms with Gasteiger partial charge in [-0.25, -0.2) is 13.2 Å². The van der Waals surface area contributed by atoms with E-state index in [1.165, 1.54) is 12.1 Å². The van der Waals surface area contributed by atoms with E-state index in [0.717, 1.165) is 3.57 Å². The summed E-state index contributed by atoms with van der Waals surface area (Å²) in [5, 5.41) is 0. The maximum Gasteiger partial charge on any atom is 0.349 e. The van der Waals surface area contributed by atoms with Crippen LogP contribution in [0, 0.1) is 10.5 Å². The van der Waals surface area contributed by atoms with Crippen LogP contribution in [0.3, 0.4) is 0 Å². The minimum absolute atomic E-state index is 0.199. The summed E-state index contributed by atoms with van der Waals surface area (Å²) in [7, 11) is -4.59. The third-order valence-corrected chi connectivity index (χ3v) is 5.20. The van der Waals surface area contributed by atoms with Crippen LogP contribution in [-0.2, 0) is 14.9 Å². The van der Waals surface area contributed by atoms with Crippen molar-refractivity contribution in [1.82, 2.24) is 0 Å². The van der Waals surface area contributed by atoms with E-state index in [1.54, 1.807) is 32.9 Å². The van der Waals surface area contributed by atoms with E-state index in [0.29, 0.717) is 22.6 Å². The maximum atomic E-state index is 11.9. The van der Waals surface area contributed by atoms with Gasteiger partial charge in [0.05, 0.1) is 4.90 Å². The number of hydrogen-bond acceptors (Lipinski definition) is 6. The fourth-order valence-electron chi connectivity index (χ4n) is 2.30. The minimum Gasteiger partial charge on any atom is -0.744 e. The van der Waals surface area contributed by atoms with Crippen LogP contribution in [0.15, 0.2) is 41.3 Å². The number of halogens is 1. The fraction of sp³-hybridized carbons (Fsp3) is 0.278. The summed E-state index contributed by atoms with van der Waals surface area (Å²) < 4.78 is 46.0. The molecule has 0 spiro atoms. The summed E-state index contributed by atoms with van der Waals surface area (Å²) in [5.74, 6) is -0.0419. The molecule has 0 N–H and O–H groups in total. The molecular weight excluding hydrogens is 471 g/mol. The molecule has 140 valence electrons. The van der Waals surface area contributed by atoms with Gasteiger partial charge in [0.2, 0.25) is 0 Å². The quantitative estimate of drug-likeness (QED) is 0.267. The second kappa shape index (κ2) is 8.36. The number of carbonyl (C=O) groups excluding carboxylic acids is 1. The Morgan fingerprint density at radius 1 is 1.19 bits per heavy atom. The Kier molecular flexibility index (Phi) is 6.64. The summed E-state index contributed by atoms with van der Waals surface area (Å²) in [4.78, 5) is 11.7. The lowest BCUT2D eigenvalue weighted by atomic mass is 10.0. The Morgan fingerprint density at radius 2 is 1.81 bits per heavy atom. The third kappa shape index (κ3) is 5.42. The zero-order valence-electron chi connectivity index (χ0n) is 14.5. The van der Waals surface area contributed by atoms with Gasteiger partial charge in [0.1, 0.15) is 21.6 Å². The first-order chi connectivity index (χ1) is 12.1. The molecule has 0 aromatic heterocycles. The largest absolute Gasteiger partial charge is 0.744 e. The van der Waals surface area contributed by atoms with Crippen molar-refractivity contribution in [3.05, 3.63) is 51.1 Å². The second-order valence-electron chi connectivity index (χ2n) is 5.98. The van der Waals surface area contributed by atoms with E-state index >= 15 is 0 Å². The van der Waals surface area contributed by atoms with E-state index < -0.39 is 16.1 Å². The summed E-state index contributed by atoms with van der Waals surface area (Å²) in [6.07, 6.45) is 0. The van der Waals surface area contributed by atoms with Crippen LogP contribution in [-0.4, -0.2) is 25.5 Å². The number of hydrogen-bond donors (Lipinski definition) is 0. The summed E-state index contributed by atoms with van der Waals surface area (Å²) >= 11 is 2.14. The lowest BCUT2D eigenvalue weighted by Crippen LogP contribution is -2.18. The Hall–Kier alpha value is -1.65. The highest BCUT2D eigenvalue weighted by Gasteiger charge is 2.17. The molecular formula is C18H18IO6S-. The van der Waals surface area contributed by atoms with Crippen molar-refractivity contribution >= 4 is 38.7 Å². The molecule has 6 nitrogen and oxygen atoms in total. The van der Waals surface area contributed by atoms with E-state index in [1.807, 2.05) is 12.1 Å². The lowest BCUT2D eigenvalue weighted by molar-refractivity contribution is -0.136. The average Bonchev–Trinajstić information content (AvgIpc) is 2.54. The van der Waals surface area contributed by atoms with Crippen LogP contribution >= 0.6 is 22.6 Å². The fourth-order valence-corrected chi connectivity index (χ4v) is 3.56. The van der Waals surface area contributed by atoms with Gasteiger partial charge in [-0.05, 0) is 83.0 Å².